The lowest BCUT2D eigenvalue weighted by Gasteiger charge is -2.09. The molecule has 21 heavy (non-hydrogen) atoms. The number of rotatable bonds is 5. The molecule has 0 aliphatic heterocycles. The highest BCUT2D eigenvalue weighted by atomic mass is 79.9. The summed E-state index contributed by atoms with van der Waals surface area (Å²) in [4.78, 5) is 0.579. The van der Waals surface area contributed by atoms with Crippen molar-refractivity contribution >= 4 is 37.4 Å². The first kappa shape index (κ1) is 16.5. The van der Waals surface area contributed by atoms with Crippen molar-refractivity contribution < 1.29 is 8.42 Å². The minimum atomic E-state index is -3.50. The van der Waals surface area contributed by atoms with Crippen LogP contribution in [0.15, 0.2) is 56.7 Å². The molecule has 0 saturated heterocycles. The van der Waals surface area contributed by atoms with E-state index in [1.807, 2.05) is 0 Å². The van der Waals surface area contributed by atoms with E-state index in [1.54, 1.807) is 42.5 Å². The minimum Gasteiger partial charge on any atom is -0.219 e. The predicted octanol–water partition coefficient (Wildman–Crippen LogP) is 5.28. The van der Waals surface area contributed by atoms with Crippen LogP contribution in [0, 0.1) is 0 Å². The SMILES string of the molecule is CCCCc1cc(S(=O)(=O)c2ccc(Br)cc2)ccc1Cl. The fraction of sp³-hybridized carbons (Fsp3) is 0.250. The van der Waals surface area contributed by atoms with Gasteiger partial charge in [0.15, 0.2) is 0 Å². The number of halogens is 2. The van der Waals surface area contributed by atoms with Crippen molar-refractivity contribution in [3.05, 3.63) is 57.5 Å². The Balaban J connectivity index is 2.42. The van der Waals surface area contributed by atoms with Gasteiger partial charge >= 0.3 is 0 Å². The van der Waals surface area contributed by atoms with Gasteiger partial charge in [-0.1, -0.05) is 40.9 Å². The summed E-state index contributed by atoms with van der Waals surface area (Å²) in [5.74, 6) is 0. The van der Waals surface area contributed by atoms with E-state index in [4.69, 9.17) is 11.6 Å². The molecule has 0 amide bonds. The molecule has 112 valence electrons. The van der Waals surface area contributed by atoms with Gasteiger partial charge in [-0.2, -0.15) is 0 Å². The summed E-state index contributed by atoms with van der Waals surface area (Å²) in [6.45, 7) is 2.09. The van der Waals surface area contributed by atoms with Crippen LogP contribution < -0.4 is 0 Å². The second-order valence-corrected chi connectivity index (χ2v) is 8.09. The van der Waals surface area contributed by atoms with Gasteiger partial charge < -0.3 is 0 Å². The molecule has 0 aromatic heterocycles. The lowest BCUT2D eigenvalue weighted by Crippen LogP contribution is -2.03. The molecule has 5 heteroatoms. The zero-order valence-corrected chi connectivity index (χ0v) is 14.8. The van der Waals surface area contributed by atoms with Gasteiger partial charge in [0.2, 0.25) is 9.84 Å². The second-order valence-electron chi connectivity index (χ2n) is 4.81. The van der Waals surface area contributed by atoms with E-state index in [0.717, 1.165) is 29.3 Å². The number of unbranched alkanes of at least 4 members (excludes halogenated alkanes) is 1. The number of aryl methyl sites for hydroxylation is 1. The van der Waals surface area contributed by atoms with Gasteiger partial charge in [-0.15, -0.1) is 0 Å². The molecule has 2 rings (SSSR count). The van der Waals surface area contributed by atoms with Crippen LogP contribution in [0.3, 0.4) is 0 Å². The molecular weight excluding hydrogens is 372 g/mol. The summed E-state index contributed by atoms with van der Waals surface area (Å²) in [5.41, 5.74) is 0.886. The van der Waals surface area contributed by atoms with E-state index >= 15 is 0 Å². The molecule has 2 aromatic rings. The van der Waals surface area contributed by atoms with Crippen molar-refractivity contribution in [2.45, 2.75) is 36.0 Å². The van der Waals surface area contributed by atoms with Gasteiger partial charge in [-0.05, 0) is 60.9 Å². The van der Waals surface area contributed by atoms with Crippen molar-refractivity contribution in [1.29, 1.82) is 0 Å². The largest absolute Gasteiger partial charge is 0.219 e. The molecule has 0 heterocycles. The summed E-state index contributed by atoms with van der Waals surface area (Å²) in [6.07, 6.45) is 2.82. The third kappa shape index (κ3) is 3.87. The van der Waals surface area contributed by atoms with Crippen molar-refractivity contribution in [1.82, 2.24) is 0 Å². The average Bonchev–Trinajstić information content (AvgIpc) is 2.46. The van der Waals surface area contributed by atoms with Gasteiger partial charge in [-0.3, -0.25) is 0 Å². The van der Waals surface area contributed by atoms with Crippen LogP contribution in [-0.2, 0) is 16.3 Å². The highest BCUT2D eigenvalue weighted by Crippen LogP contribution is 2.27. The monoisotopic (exact) mass is 386 g/mol. The van der Waals surface area contributed by atoms with Gasteiger partial charge in [0.05, 0.1) is 9.79 Å². The Bertz CT molecular complexity index is 724. The first-order chi connectivity index (χ1) is 9.95. The molecule has 0 bridgehead atoms. The molecule has 0 saturated carbocycles. The summed E-state index contributed by atoms with van der Waals surface area (Å²) in [7, 11) is -3.50. The Labute approximate surface area is 139 Å². The number of benzene rings is 2. The first-order valence-corrected chi connectivity index (χ1v) is 9.39. The Morgan fingerprint density at radius 3 is 2.29 bits per heavy atom. The van der Waals surface area contributed by atoms with E-state index in [1.165, 1.54) is 0 Å². The van der Waals surface area contributed by atoms with Crippen molar-refractivity contribution in [2.24, 2.45) is 0 Å². The maximum Gasteiger partial charge on any atom is 0.206 e. The van der Waals surface area contributed by atoms with Crippen LogP contribution in [0.5, 0.6) is 0 Å². The molecule has 0 unspecified atom stereocenters. The van der Waals surface area contributed by atoms with E-state index in [0.29, 0.717) is 9.92 Å². The molecule has 2 aromatic carbocycles. The molecule has 0 fully saturated rings. The number of sulfone groups is 1. The first-order valence-electron chi connectivity index (χ1n) is 6.74. The van der Waals surface area contributed by atoms with Crippen molar-refractivity contribution in [3.8, 4) is 0 Å². The fourth-order valence-electron chi connectivity index (χ4n) is 2.03. The molecule has 0 aliphatic rings. The Kier molecular flexibility index (Phi) is 5.47. The van der Waals surface area contributed by atoms with Crippen LogP contribution in [0.2, 0.25) is 5.02 Å². The number of hydrogen-bond donors (Lipinski definition) is 0. The lowest BCUT2D eigenvalue weighted by atomic mass is 10.1. The van der Waals surface area contributed by atoms with Gasteiger partial charge in [-0.25, -0.2) is 8.42 Å². The molecular formula is C16H16BrClO2S. The summed E-state index contributed by atoms with van der Waals surface area (Å²) >= 11 is 9.45. The Morgan fingerprint density at radius 2 is 1.67 bits per heavy atom. The van der Waals surface area contributed by atoms with Gasteiger partial charge in [0.1, 0.15) is 0 Å². The van der Waals surface area contributed by atoms with E-state index in [-0.39, 0.29) is 4.90 Å². The summed E-state index contributed by atoms with van der Waals surface area (Å²) in [6, 6.07) is 11.6. The normalized spacial score (nSPS) is 11.6. The van der Waals surface area contributed by atoms with Crippen LogP contribution in [0.1, 0.15) is 25.3 Å². The molecule has 0 aliphatic carbocycles. The topological polar surface area (TPSA) is 34.1 Å². The molecule has 0 spiro atoms. The zero-order valence-electron chi connectivity index (χ0n) is 11.6. The highest BCUT2D eigenvalue weighted by Gasteiger charge is 2.18. The third-order valence-corrected chi connectivity index (χ3v) is 5.92. The van der Waals surface area contributed by atoms with E-state index < -0.39 is 9.84 Å². The van der Waals surface area contributed by atoms with Crippen LogP contribution in [0.4, 0.5) is 0 Å². The average molecular weight is 388 g/mol. The quantitative estimate of drug-likeness (QED) is 0.699. The number of hydrogen-bond acceptors (Lipinski definition) is 2. The smallest absolute Gasteiger partial charge is 0.206 e. The molecule has 2 nitrogen and oxygen atoms in total. The summed E-state index contributed by atoms with van der Waals surface area (Å²) < 4.78 is 26.1. The van der Waals surface area contributed by atoms with Gasteiger partial charge in [0.25, 0.3) is 0 Å². The van der Waals surface area contributed by atoms with Crippen LogP contribution in [-0.4, -0.2) is 8.42 Å². The standard InChI is InChI=1S/C16H16BrClO2S/c1-2-3-4-12-11-15(9-10-16(12)18)21(19,20)14-7-5-13(17)6-8-14/h5-11H,2-4H2,1H3. The van der Waals surface area contributed by atoms with Crippen LogP contribution in [0.25, 0.3) is 0 Å². The van der Waals surface area contributed by atoms with Crippen molar-refractivity contribution in [3.63, 3.8) is 0 Å². The molecule has 0 radical (unpaired) electrons. The highest BCUT2D eigenvalue weighted by molar-refractivity contribution is 9.10. The van der Waals surface area contributed by atoms with Crippen LogP contribution >= 0.6 is 27.5 Å². The van der Waals surface area contributed by atoms with E-state index in [2.05, 4.69) is 22.9 Å². The molecule has 0 N–H and O–H groups in total. The zero-order chi connectivity index (χ0) is 15.5. The van der Waals surface area contributed by atoms with Gasteiger partial charge in [0, 0.05) is 9.50 Å². The Morgan fingerprint density at radius 1 is 1.05 bits per heavy atom. The van der Waals surface area contributed by atoms with E-state index in [9.17, 15) is 8.42 Å². The minimum absolute atomic E-state index is 0.287. The van der Waals surface area contributed by atoms with Crippen molar-refractivity contribution in [2.75, 3.05) is 0 Å². The summed E-state index contributed by atoms with van der Waals surface area (Å²) in [5, 5.41) is 0.623. The second kappa shape index (κ2) is 6.95. The Hall–Kier alpha value is -0.840. The lowest BCUT2D eigenvalue weighted by molar-refractivity contribution is 0.596. The molecule has 0 atom stereocenters. The predicted molar refractivity (Wildman–Crippen MR) is 89.7 cm³/mol. The fourth-order valence-corrected chi connectivity index (χ4v) is 3.81. The third-order valence-electron chi connectivity index (χ3n) is 3.25. The maximum atomic E-state index is 12.6. The maximum absolute atomic E-state index is 12.6.